The number of hydrogen-bond acceptors (Lipinski definition) is 6. The van der Waals surface area contributed by atoms with Crippen LogP contribution in [0.5, 0.6) is 0 Å². The summed E-state index contributed by atoms with van der Waals surface area (Å²) in [5, 5.41) is 16.3. The van der Waals surface area contributed by atoms with E-state index in [1.807, 2.05) is 6.92 Å². The standard InChI is InChI=1S/C22H30N6O4/c1-6-19(29)23-11-16-7-9-17(10-8-16)20(30)24-12-18-14-28(27-26-18)13-15(2)25-21(31)32-22(3,4)5/h6-10,14-15H,1,11-13H2,2-5H3,(H,23,29)(H,24,30)(H,25,31)/t15-/m0/s1. The average Bonchev–Trinajstić information content (AvgIpc) is 3.16. The summed E-state index contributed by atoms with van der Waals surface area (Å²) >= 11 is 0. The van der Waals surface area contributed by atoms with E-state index >= 15 is 0 Å². The van der Waals surface area contributed by atoms with Crippen molar-refractivity contribution in [1.82, 2.24) is 30.9 Å². The Bertz CT molecular complexity index is 946. The number of alkyl carbamates (subject to hydrolysis) is 1. The summed E-state index contributed by atoms with van der Waals surface area (Å²) < 4.78 is 6.82. The number of ether oxygens (including phenoxy) is 1. The van der Waals surface area contributed by atoms with Gasteiger partial charge < -0.3 is 20.7 Å². The van der Waals surface area contributed by atoms with Crippen LogP contribution in [0.2, 0.25) is 0 Å². The Hall–Kier alpha value is -3.69. The van der Waals surface area contributed by atoms with Gasteiger partial charge in [-0.25, -0.2) is 4.79 Å². The van der Waals surface area contributed by atoms with E-state index in [0.717, 1.165) is 5.56 Å². The Morgan fingerprint density at radius 3 is 2.47 bits per heavy atom. The summed E-state index contributed by atoms with van der Waals surface area (Å²) in [6.07, 6.45) is 2.42. The summed E-state index contributed by atoms with van der Waals surface area (Å²) in [7, 11) is 0. The SMILES string of the molecule is C=CC(=O)NCc1ccc(C(=O)NCc2cn(C[C@H](C)NC(=O)OC(C)(C)C)nn2)cc1. The Labute approximate surface area is 187 Å². The van der Waals surface area contributed by atoms with Gasteiger partial charge in [-0.15, -0.1) is 5.10 Å². The van der Waals surface area contributed by atoms with E-state index in [1.54, 1.807) is 55.9 Å². The van der Waals surface area contributed by atoms with Crippen molar-refractivity contribution < 1.29 is 19.1 Å². The molecule has 0 bridgehead atoms. The third-order valence-corrected chi connectivity index (χ3v) is 4.11. The lowest BCUT2D eigenvalue weighted by atomic mass is 10.1. The van der Waals surface area contributed by atoms with Crippen LogP contribution in [0.15, 0.2) is 43.1 Å². The van der Waals surface area contributed by atoms with Crippen molar-refractivity contribution in [2.24, 2.45) is 0 Å². The molecule has 2 rings (SSSR count). The van der Waals surface area contributed by atoms with Gasteiger partial charge in [0.15, 0.2) is 0 Å². The van der Waals surface area contributed by atoms with E-state index in [-0.39, 0.29) is 24.4 Å². The van der Waals surface area contributed by atoms with Crippen molar-refractivity contribution >= 4 is 17.9 Å². The largest absolute Gasteiger partial charge is 0.444 e. The molecule has 3 amide bonds. The Balaban J connectivity index is 1.80. The van der Waals surface area contributed by atoms with Crippen molar-refractivity contribution in [2.45, 2.75) is 59.0 Å². The number of aromatic nitrogens is 3. The molecule has 0 saturated carbocycles. The lowest BCUT2D eigenvalue weighted by Gasteiger charge is -2.21. The fraction of sp³-hybridized carbons (Fsp3) is 0.409. The van der Waals surface area contributed by atoms with Crippen LogP contribution in [-0.4, -0.2) is 44.5 Å². The summed E-state index contributed by atoms with van der Waals surface area (Å²) in [6.45, 7) is 11.6. The van der Waals surface area contributed by atoms with Gasteiger partial charge in [0.1, 0.15) is 11.3 Å². The molecule has 32 heavy (non-hydrogen) atoms. The molecule has 2 aromatic rings. The molecule has 0 aliphatic rings. The molecule has 0 aliphatic heterocycles. The monoisotopic (exact) mass is 442 g/mol. The Morgan fingerprint density at radius 2 is 1.84 bits per heavy atom. The van der Waals surface area contributed by atoms with Crippen LogP contribution < -0.4 is 16.0 Å². The second-order valence-electron chi connectivity index (χ2n) is 8.28. The van der Waals surface area contributed by atoms with Crippen LogP contribution in [0.4, 0.5) is 4.79 Å². The zero-order chi connectivity index (χ0) is 23.7. The van der Waals surface area contributed by atoms with Gasteiger partial charge in [0, 0.05) is 18.2 Å². The minimum Gasteiger partial charge on any atom is -0.444 e. The zero-order valence-electron chi connectivity index (χ0n) is 18.8. The highest BCUT2D eigenvalue weighted by Crippen LogP contribution is 2.07. The Morgan fingerprint density at radius 1 is 1.16 bits per heavy atom. The highest BCUT2D eigenvalue weighted by Gasteiger charge is 2.18. The highest BCUT2D eigenvalue weighted by atomic mass is 16.6. The second-order valence-corrected chi connectivity index (χ2v) is 8.28. The predicted octanol–water partition coefficient (Wildman–Crippen LogP) is 1.92. The van der Waals surface area contributed by atoms with Crippen LogP contribution in [0.3, 0.4) is 0 Å². The number of rotatable bonds is 9. The summed E-state index contributed by atoms with van der Waals surface area (Å²) in [6, 6.07) is 6.70. The first kappa shape index (κ1) is 24.6. The minimum absolute atomic E-state index is 0.212. The van der Waals surface area contributed by atoms with Crippen molar-refractivity contribution in [2.75, 3.05) is 0 Å². The molecule has 0 unspecified atom stereocenters. The number of benzene rings is 1. The predicted molar refractivity (Wildman–Crippen MR) is 119 cm³/mol. The van der Waals surface area contributed by atoms with Gasteiger partial charge in [0.2, 0.25) is 5.91 Å². The average molecular weight is 443 g/mol. The molecule has 0 fully saturated rings. The third-order valence-electron chi connectivity index (χ3n) is 4.11. The first-order valence-corrected chi connectivity index (χ1v) is 10.2. The highest BCUT2D eigenvalue weighted by molar-refractivity contribution is 5.94. The maximum atomic E-state index is 12.4. The maximum Gasteiger partial charge on any atom is 0.407 e. The molecular formula is C22H30N6O4. The number of carbonyl (C=O) groups is 3. The van der Waals surface area contributed by atoms with Crippen molar-refractivity contribution in [3.63, 3.8) is 0 Å². The van der Waals surface area contributed by atoms with Crippen LogP contribution in [0.1, 0.15) is 49.3 Å². The van der Waals surface area contributed by atoms with Gasteiger partial charge >= 0.3 is 6.09 Å². The molecule has 172 valence electrons. The zero-order valence-corrected chi connectivity index (χ0v) is 18.8. The fourth-order valence-electron chi connectivity index (χ4n) is 2.65. The number of amides is 3. The van der Waals surface area contributed by atoms with Gasteiger partial charge in [0.25, 0.3) is 5.91 Å². The molecule has 1 aromatic heterocycles. The van der Waals surface area contributed by atoms with E-state index in [4.69, 9.17) is 4.74 Å². The molecule has 1 atom stereocenters. The Kier molecular flexibility index (Phi) is 8.51. The summed E-state index contributed by atoms with van der Waals surface area (Å²) in [5.74, 6) is -0.504. The molecule has 0 spiro atoms. The van der Waals surface area contributed by atoms with Gasteiger partial charge in [-0.2, -0.15) is 0 Å². The van der Waals surface area contributed by atoms with Gasteiger partial charge in [-0.05, 0) is 51.5 Å². The molecule has 0 radical (unpaired) electrons. The topological polar surface area (TPSA) is 127 Å². The van der Waals surface area contributed by atoms with Gasteiger partial charge in [0.05, 0.1) is 19.3 Å². The molecule has 3 N–H and O–H groups in total. The smallest absolute Gasteiger partial charge is 0.407 e. The van der Waals surface area contributed by atoms with E-state index in [2.05, 4.69) is 32.8 Å². The molecule has 1 heterocycles. The van der Waals surface area contributed by atoms with Crippen LogP contribution in [0, 0.1) is 0 Å². The number of carbonyl (C=O) groups excluding carboxylic acids is 3. The van der Waals surface area contributed by atoms with E-state index in [9.17, 15) is 14.4 Å². The second kappa shape index (κ2) is 11.1. The van der Waals surface area contributed by atoms with E-state index in [1.165, 1.54) is 6.08 Å². The number of hydrogen-bond donors (Lipinski definition) is 3. The minimum atomic E-state index is -0.565. The summed E-state index contributed by atoms with van der Waals surface area (Å²) in [4.78, 5) is 35.4. The van der Waals surface area contributed by atoms with E-state index in [0.29, 0.717) is 24.3 Å². The lowest BCUT2D eigenvalue weighted by molar-refractivity contribution is -0.116. The number of nitrogens with one attached hydrogen (secondary N) is 3. The first-order chi connectivity index (χ1) is 15.1. The quantitative estimate of drug-likeness (QED) is 0.509. The van der Waals surface area contributed by atoms with Crippen molar-refractivity contribution in [1.29, 1.82) is 0 Å². The van der Waals surface area contributed by atoms with Crippen LogP contribution >= 0.6 is 0 Å². The summed E-state index contributed by atoms with van der Waals surface area (Å²) in [5.41, 5.74) is 1.39. The van der Waals surface area contributed by atoms with Crippen LogP contribution in [0.25, 0.3) is 0 Å². The number of nitrogens with zero attached hydrogens (tertiary/aromatic N) is 3. The van der Waals surface area contributed by atoms with Crippen molar-refractivity contribution in [3.8, 4) is 0 Å². The molecule has 10 nitrogen and oxygen atoms in total. The van der Waals surface area contributed by atoms with Gasteiger partial charge in [-0.3, -0.25) is 14.3 Å². The fourth-order valence-corrected chi connectivity index (χ4v) is 2.65. The van der Waals surface area contributed by atoms with Crippen LogP contribution in [-0.2, 0) is 29.2 Å². The first-order valence-electron chi connectivity index (χ1n) is 10.2. The molecule has 0 aliphatic carbocycles. The van der Waals surface area contributed by atoms with Crippen molar-refractivity contribution in [3.05, 3.63) is 59.9 Å². The normalized spacial score (nSPS) is 11.9. The maximum absolute atomic E-state index is 12.4. The van der Waals surface area contributed by atoms with E-state index < -0.39 is 11.7 Å². The van der Waals surface area contributed by atoms with Gasteiger partial charge in [-0.1, -0.05) is 23.9 Å². The molecular weight excluding hydrogens is 412 g/mol. The molecule has 10 heteroatoms. The molecule has 0 saturated heterocycles. The lowest BCUT2D eigenvalue weighted by Crippen LogP contribution is -2.39. The third kappa shape index (κ3) is 8.58. The molecule has 1 aromatic carbocycles.